The lowest BCUT2D eigenvalue weighted by Crippen LogP contribution is -2.55. The summed E-state index contributed by atoms with van der Waals surface area (Å²) in [6, 6.07) is 3.30. The third kappa shape index (κ3) is 6.49. The van der Waals surface area contributed by atoms with E-state index in [0.717, 1.165) is 31.8 Å². The topological polar surface area (TPSA) is 74.8 Å². The van der Waals surface area contributed by atoms with E-state index in [2.05, 4.69) is 15.2 Å². The minimum absolute atomic E-state index is 0.185. The van der Waals surface area contributed by atoms with Crippen LogP contribution in [0.5, 0.6) is 0 Å². The van der Waals surface area contributed by atoms with Gasteiger partial charge in [-0.3, -0.25) is 9.88 Å². The Morgan fingerprint density at radius 1 is 1.27 bits per heavy atom. The molecular formula is C18H28N4O3S. The van der Waals surface area contributed by atoms with E-state index in [9.17, 15) is 9.59 Å². The third-order valence-electron chi connectivity index (χ3n) is 4.52. The lowest BCUT2D eigenvalue weighted by molar-refractivity contribution is -0.142. The molecule has 0 aliphatic carbocycles. The molecule has 0 bridgehead atoms. The fourth-order valence-corrected chi connectivity index (χ4v) is 3.35. The summed E-state index contributed by atoms with van der Waals surface area (Å²) in [4.78, 5) is 32.4. The number of ether oxygens (including phenoxy) is 1. The van der Waals surface area contributed by atoms with Crippen molar-refractivity contribution in [2.75, 3.05) is 51.8 Å². The first-order valence-corrected chi connectivity index (χ1v) is 10.3. The second kappa shape index (κ2) is 11.0. The Kier molecular flexibility index (Phi) is 8.70. The number of esters is 1. The quantitative estimate of drug-likeness (QED) is 0.684. The fraction of sp³-hybridized carbons (Fsp3) is 0.611. The monoisotopic (exact) mass is 380 g/mol. The Hall–Kier alpha value is -1.80. The zero-order valence-electron chi connectivity index (χ0n) is 15.5. The second-order valence-electron chi connectivity index (χ2n) is 6.24. The Morgan fingerprint density at radius 3 is 2.58 bits per heavy atom. The van der Waals surface area contributed by atoms with Crippen LogP contribution in [-0.2, 0) is 16.0 Å². The standard InChI is InChI=1S/C18H28N4O3S/c1-25-17(23)16(6-14-26-2)20-18(24)22-12-10-21(11-13-22)9-5-15-3-7-19-8-4-15/h3-4,7-8,16H,5-6,9-14H2,1-2H3,(H,20,24)/t16-/m0/s1. The molecule has 1 aromatic rings. The molecule has 0 radical (unpaired) electrons. The summed E-state index contributed by atoms with van der Waals surface area (Å²) in [6.07, 6.45) is 7.15. The van der Waals surface area contributed by atoms with Crippen LogP contribution in [0, 0.1) is 0 Å². The van der Waals surface area contributed by atoms with Crippen LogP contribution in [-0.4, -0.2) is 84.7 Å². The zero-order valence-corrected chi connectivity index (χ0v) is 16.3. The molecule has 1 fully saturated rings. The maximum Gasteiger partial charge on any atom is 0.328 e. The van der Waals surface area contributed by atoms with Crippen LogP contribution < -0.4 is 5.32 Å². The van der Waals surface area contributed by atoms with Crippen LogP contribution in [0.2, 0.25) is 0 Å². The lowest BCUT2D eigenvalue weighted by atomic mass is 10.2. The van der Waals surface area contributed by atoms with Crippen LogP contribution in [0.1, 0.15) is 12.0 Å². The van der Waals surface area contributed by atoms with E-state index in [1.807, 2.05) is 30.8 Å². The summed E-state index contributed by atoms with van der Waals surface area (Å²) in [5.41, 5.74) is 1.27. The number of hydrogen-bond acceptors (Lipinski definition) is 6. The molecule has 144 valence electrons. The molecule has 8 heteroatoms. The normalized spacial score (nSPS) is 16.2. The molecule has 1 saturated heterocycles. The van der Waals surface area contributed by atoms with Crippen molar-refractivity contribution in [2.45, 2.75) is 18.9 Å². The van der Waals surface area contributed by atoms with E-state index >= 15 is 0 Å². The van der Waals surface area contributed by atoms with Crippen molar-refractivity contribution in [3.05, 3.63) is 30.1 Å². The lowest BCUT2D eigenvalue weighted by Gasteiger charge is -2.35. The first-order valence-electron chi connectivity index (χ1n) is 8.87. The first kappa shape index (κ1) is 20.5. The van der Waals surface area contributed by atoms with Gasteiger partial charge in [0.05, 0.1) is 7.11 Å². The molecule has 0 saturated carbocycles. The summed E-state index contributed by atoms with van der Waals surface area (Å²) in [5, 5.41) is 2.82. The molecule has 0 unspecified atom stereocenters. The van der Waals surface area contributed by atoms with E-state index < -0.39 is 6.04 Å². The molecule has 7 nitrogen and oxygen atoms in total. The van der Waals surface area contributed by atoms with Crippen molar-refractivity contribution >= 4 is 23.8 Å². The minimum Gasteiger partial charge on any atom is -0.467 e. The molecule has 0 spiro atoms. The number of carbonyl (C=O) groups excluding carboxylic acids is 2. The number of thioether (sulfide) groups is 1. The van der Waals surface area contributed by atoms with Gasteiger partial charge in [-0.05, 0) is 42.5 Å². The highest BCUT2D eigenvalue weighted by Gasteiger charge is 2.26. The molecule has 1 aliphatic rings. The highest BCUT2D eigenvalue weighted by Crippen LogP contribution is 2.07. The second-order valence-corrected chi connectivity index (χ2v) is 7.23. The molecule has 2 amide bonds. The molecule has 2 rings (SSSR count). The zero-order chi connectivity index (χ0) is 18.8. The van der Waals surface area contributed by atoms with Gasteiger partial charge in [0.25, 0.3) is 0 Å². The van der Waals surface area contributed by atoms with E-state index in [1.54, 1.807) is 16.7 Å². The average Bonchev–Trinajstić information content (AvgIpc) is 2.70. The largest absolute Gasteiger partial charge is 0.467 e. The van der Waals surface area contributed by atoms with Gasteiger partial charge in [-0.15, -0.1) is 0 Å². The number of nitrogens with zero attached hydrogens (tertiary/aromatic N) is 3. The molecule has 2 heterocycles. The predicted octanol–water partition coefficient (Wildman–Crippen LogP) is 1.25. The number of piperazine rings is 1. The van der Waals surface area contributed by atoms with Gasteiger partial charge in [0.1, 0.15) is 6.04 Å². The molecule has 1 N–H and O–H groups in total. The van der Waals surface area contributed by atoms with E-state index in [0.29, 0.717) is 19.5 Å². The highest BCUT2D eigenvalue weighted by molar-refractivity contribution is 7.98. The van der Waals surface area contributed by atoms with Crippen LogP contribution in [0.4, 0.5) is 4.79 Å². The van der Waals surface area contributed by atoms with Gasteiger partial charge in [0.2, 0.25) is 0 Å². The fourth-order valence-electron chi connectivity index (χ4n) is 2.88. The number of carbonyl (C=O) groups is 2. The summed E-state index contributed by atoms with van der Waals surface area (Å²) >= 11 is 1.64. The van der Waals surface area contributed by atoms with Gasteiger partial charge in [-0.2, -0.15) is 11.8 Å². The van der Waals surface area contributed by atoms with Crippen molar-refractivity contribution in [3.63, 3.8) is 0 Å². The molecule has 0 aromatic carbocycles. The number of methoxy groups -OCH3 is 1. The van der Waals surface area contributed by atoms with Gasteiger partial charge in [-0.1, -0.05) is 0 Å². The van der Waals surface area contributed by atoms with E-state index in [-0.39, 0.29) is 12.0 Å². The highest BCUT2D eigenvalue weighted by atomic mass is 32.2. The Labute approximate surface area is 159 Å². The summed E-state index contributed by atoms with van der Waals surface area (Å²) in [6.45, 7) is 3.98. The van der Waals surface area contributed by atoms with Crippen molar-refractivity contribution < 1.29 is 14.3 Å². The first-order chi connectivity index (χ1) is 12.6. The van der Waals surface area contributed by atoms with Crippen LogP contribution in [0.15, 0.2) is 24.5 Å². The number of aromatic nitrogens is 1. The molecule has 26 heavy (non-hydrogen) atoms. The molecule has 1 atom stereocenters. The van der Waals surface area contributed by atoms with Crippen molar-refractivity contribution in [3.8, 4) is 0 Å². The van der Waals surface area contributed by atoms with Crippen LogP contribution in [0.3, 0.4) is 0 Å². The van der Waals surface area contributed by atoms with Gasteiger partial charge >= 0.3 is 12.0 Å². The molecular weight excluding hydrogens is 352 g/mol. The third-order valence-corrected chi connectivity index (χ3v) is 5.16. The number of amides is 2. The van der Waals surface area contributed by atoms with Crippen LogP contribution >= 0.6 is 11.8 Å². The van der Waals surface area contributed by atoms with Gasteiger partial charge < -0.3 is 15.0 Å². The smallest absolute Gasteiger partial charge is 0.328 e. The Bertz CT molecular complexity index is 565. The Morgan fingerprint density at radius 2 is 1.96 bits per heavy atom. The van der Waals surface area contributed by atoms with E-state index in [4.69, 9.17) is 4.74 Å². The number of nitrogens with one attached hydrogen (secondary N) is 1. The van der Waals surface area contributed by atoms with Crippen molar-refractivity contribution in [1.82, 2.24) is 20.1 Å². The van der Waals surface area contributed by atoms with Crippen molar-refractivity contribution in [2.24, 2.45) is 0 Å². The van der Waals surface area contributed by atoms with Gasteiger partial charge in [0, 0.05) is 45.1 Å². The molecule has 1 aromatic heterocycles. The number of urea groups is 1. The number of hydrogen-bond donors (Lipinski definition) is 1. The maximum absolute atomic E-state index is 12.5. The molecule has 1 aliphatic heterocycles. The number of rotatable bonds is 8. The SMILES string of the molecule is COC(=O)[C@H](CCSC)NC(=O)N1CCN(CCc2ccncc2)CC1. The average molecular weight is 381 g/mol. The minimum atomic E-state index is -0.579. The predicted molar refractivity (Wildman–Crippen MR) is 103 cm³/mol. The van der Waals surface area contributed by atoms with Crippen molar-refractivity contribution in [1.29, 1.82) is 0 Å². The van der Waals surface area contributed by atoms with E-state index in [1.165, 1.54) is 12.7 Å². The van der Waals surface area contributed by atoms with Gasteiger partial charge in [0.15, 0.2) is 0 Å². The van der Waals surface area contributed by atoms with Crippen LogP contribution in [0.25, 0.3) is 0 Å². The maximum atomic E-state index is 12.5. The number of pyridine rings is 1. The summed E-state index contributed by atoms with van der Waals surface area (Å²) in [7, 11) is 1.35. The van der Waals surface area contributed by atoms with Gasteiger partial charge in [-0.25, -0.2) is 9.59 Å². The Balaban J connectivity index is 1.75. The summed E-state index contributed by atoms with van der Waals surface area (Å²) in [5.74, 6) is 0.409. The summed E-state index contributed by atoms with van der Waals surface area (Å²) < 4.78 is 4.79.